The Morgan fingerprint density at radius 3 is 2.61 bits per heavy atom. The van der Waals surface area contributed by atoms with Crippen LogP contribution in [0, 0.1) is 5.92 Å². The van der Waals surface area contributed by atoms with Gasteiger partial charge in [-0.15, -0.1) is 0 Å². The summed E-state index contributed by atoms with van der Waals surface area (Å²) >= 11 is 0. The molecule has 0 saturated heterocycles. The topological polar surface area (TPSA) is 55.1 Å². The molecule has 1 saturated carbocycles. The summed E-state index contributed by atoms with van der Waals surface area (Å²) < 4.78 is 0. The van der Waals surface area contributed by atoms with Gasteiger partial charge in [-0.25, -0.2) is 0 Å². The first-order valence-corrected chi connectivity index (χ1v) is 6.84. The van der Waals surface area contributed by atoms with Crippen LogP contribution in [0.15, 0.2) is 24.3 Å². The Labute approximate surface area is 109 Å². The Bertz CT molecular complexity index is 411. The molecule has 3 N–H and O–H groups in total. The molecule has 1 atom stereocenters. The highest BCUT2D eigenvalue weighted by atomic mass is 16.1. The molecule has 18 heavy (non-hydrogen) atoms. The summed E-state index contributed by atoms with van der Waals surface area (Å²) in [4.78, 5) is 12.1. The van der Waals surface area contributed by atoms with Crippen molar-refractivity contribution in [1.82, 2.24) is 5.32 Å². The number of amides is 1. The van der Waals surface area contributed by atoms with E-state index in [4.69, 9.17) is 5.73 Å². The van der Waals surface area contributed by atoms with Gasteiger partial charge in [-0.05, 0) is 37.8 Å². The SMILES string of the molecule is CC(NC(=O)c1ccccc1N)C1CCCCC1. The minimum atomic E-state index is -0.0498. The van der Waals surface area contributed by atoms with Crippen LogP contribution in [-0.4, -0.2) is 11.9 Å². The molecule has 0 spiro atoms. The fourth-order valence-corrected chi connectivity index (χ4v) is 2.74. The lowest BCUT2D eigenvalue weighted by Crippen LogP contribution is -2.39. The third-order valence-electron chi connectivity index (χ3n) is 3.92. The summed E-state index contributed by atoms with van der Waals surface area (Å²) in [7, 11) is 0. The molecule has 98 valence electrons. The van der Waals surface area contributed by atoms with E-state index in [0.29, 0.717) is 17.2 Å². The molecule has 3 nitrogen and oxygen atoms in total. The average molecular weight is 246 g/mol. The zero-order valence-corrected chi connectivity index (χ0v) is 11.0. The number of benzene rings is 1. The van der Waals surface area contributed by atoms with Crippen molar-refractivity contribution >= 4 is 11.6 Å². The molecule has 0 radical (unpaired) electrons. The first kappa shape index (κ1) is 12.9. The van der Waals surface area contributed by atoms with Gasteiger partial charge in [-0.1, -0.05) is 31.4 Å². The van der Waals surface area contributed by atoms with Gasteiger partial charge in [0.15, 0.2) is 0 Å². The number of nitrogens with one attached hydrogen (secondary N) is 1. The smallest absolute Gasteiger partial charge is 0.253 e. The standard InChI is InChI=1S/C15H22N2O/c1-11(12-7-3-2-4-8-12)17-15(18)13-9-5-6-10-14(13)16/h5-6,9-12H,2-4,7-8,16H2,1H3,(H,17,18). The second-order valence-corrected chi connectivity index (χ2v) is 5.25. The van der Waals surface area contributed by atoms with Crippen LogP contribution in [0.4, 0.5) is 5.69 Å². The van der Waals surface area contributed by atoms with Crippen molar-refractivity contribution in [3.8, 4) is 0 Å². The second-order valence-electron chi connectivity index (χ2n) is 5.25. The summed E-state index contributed by atoms with van der Waals surface area (Å²) in [5.74, 6) is 0.568. The molecule has 1 aromatic rings. The van der Waals surface area contributed by atoms with E-state index in [0.717, 1.165) is 0 Å². The van der Waals surface area contributed by atoms with Crippen molar-refractivity contribution in [3.05, 3.63) is 29.8 Å². The number of rotatable bonds is 3. The third-order valence-corrected chi connectivity index (χ3v) is 3.92. The number of carbonyl (C=O) groups is 1. The summed E-state index contributed by atoms with van der Waals surface area (Å²) in [6.45, 7) is 2.10. The van der Waals surface area contributed by atoms with E-state index in [9.17, 15) is 4.79 Å². The largest absolute Gasteiger partial charge is 0.398 e. The van der Waals surface area contributed by atoms with Gasteiger partial charge in [0.1, 0.15) is 0 Å². The van der Waals surface area contributed by atoms with Gasteiger partial charge in [-0.2, -0.15) is 0 Å². The number of anilines is 1. The molecular weight excluding hydrogens is 224 g/mol. The molecular formula is C15H22N2O. The van der Waals surface area contributed by atoms with Gasteiger partial charge in [0.25, 0.3) is 5.91 Å². The van der Waals surface area contributed by atoms with Crippen molar-refractivity contribution < 1.29 is 4.79 Å². The lowest BCUT2D eigenvalue weighted by atomic mass is 9.84. The summed E-state index contributed by atoms with van der Waals surface area (Å²) in [5.41, 5.74) is 6.95. The van der Waals surface area contributed by atoms with Gasteiger partial charge in [0, 0.05) is 11.7 Å². The molecule has 0 bridgehead atoms. The van der Waals surface area contributed by atoms with E-state index >= 15 is 0 Å². The molecule has 1 amide bonds. The average Bonchev–Trinajstić information content (AvgIpc) is 2.40. The Hall–Kier alpha value is -1.51. The molecule has 0 aromatic heterocycles. The highest BCUT2D eigenvalue weighted by molar-refractivity contribution is 5.99. The van der Waals surface area contributed by atoms with Gasteiger partial charge in [0.05, 0.1) is 5.56 Å². The predicted molar refractivity (Wildman–Crippen MR) is 74.4 cm³/mol. The van der Waals surface area contributed by atoms with E-state index in [1.807, 2.05) is 12.1 Å². The lowest BCUT2D eigenvalue weighted by molar-refractivity contribution is 0.0920. The van der Waals surface area contributed by atoms with Crippen molar-refractivity contribution in [1.29, 1.82) is 0 Å². The highest BCUT2D eigenvalue weighted by Crippen LogP contribution is 2.26. The van der Waals surface area contributed by atoms with E-state index in [1.165, 1.54) is 32.1 Å². The fraction of sp³-hybridized carbons (Fsp3) is 0.533. The van der Waals surface area contributed by atoms with Gasteiger partial charge < -0.3 is 11.1 Å². The Morgan fingerprint density at radius 2 is 1.94 bits per heavy atom. The summed E-state index contributed by atoms with van der Waals surface area (Å²) in [6.07, 6.45) is 6.37. The van der Waals surface area contributed by atoms with Crippen molar-refractivity contribution in [2.45, 2.75) is 45.1 Å². The first-order valence-electron chi connectivity index (χ1n) is 6.84. The second kappa shape index (κ2) is 5.89. The van der Waals surface area contributed by atoms with Crippen LogP contribution in [0.3, 0.4) is 0 Å². The van der Waals surface area contributed by atoms with Crippen LogP contribution in [-0.2, 0) is 0 Å². The maximum absolute atomic E-state index is 12.1. The molecule has 0 aliphatic heterocycles. The van der Waals surface area contributed by atoms with E-state index < -0.39 is 0 Å². The van der Waals surface area contributed by atoms with Crippen LogP contribution in [0.5, 0.6) is 0 Å². The Morgan fingerprint density at radius 1 is 1.28 bits per heavy atom. The van der Waals surface area contributed by atoms with Crippen molar-refractivity contribution in [2.75, 3.05) is 5.73 Å². The van der Waals surface area contributed by atoms with Crippen molar-refractivity contribution in [3.63, 3.8) is 0 Å². The van der Waals surface area contributed by atoms with Crippen LogP contribution in [0.2, 0.25) is 0 Å². The quantitative estimate of drug-likeness (QED) is 0.806. The normalized spacial score (nSPS) is 18.3. The van der Waals surface area contributed by atoms with Crippen molar-refractivity contribution in [2.24, 2.45) is 5.92 Å². The zero-order valence-electron chi connectivity index (χ0n) is 11.0. The minimum absolute atomic E-state index is 0.0498. The molecule has 1 aromatic carbocycles. The molecule has 1 aliphatic rings. The minimum Gasteiger partial charge on any atom is -0.398 e. The van der Waals surface area contributed by atoms with E-state index in [1.54, 1.807) is 12.1 Å². The summed E-state index contributed by atoms with van der Waals surface area (Å²) in [6, 6.07) is 7.46. The van der Waals surface area contributed by atoms with E-state index in [2.05, 4.69) is 12.2 Å². The monoisotopic (exact) mass is 246 g/mol. The number of carbonyl (C=O) groups excluding carboxylic acids is 1. The van der Waals surface area contributed by atoms with Crippen LogP contribution < -0.4 is 11.1 Å². The number of nitrogen functional groups attached to an aromatic ring is 1. The van der Waals surface area contributed by atoms with Gasteiger partial charge in [-0.3, -0.25) is 4.79 Å². The van der Waals surface area contributed by atoms with Crippen LogP contribution in [0.1, 0.15) is 49.4 Å². The first-order chi connectivity index (χ1) is 8.68. The maximum atomic E-state index is 12.1. The molecule has 1 aliphatic carbocycles. The van der Waals surface area contributed by atoms with Crippen LogP contribution >= 0.6 is 0 Å². The molecule has 2 rings (SSSR count). The number of nitrogens with two attached hydrogens (primary N) is 1. The fourth-order valence-electron chi connectivity index (χ4n) is 2.74. The van der Waals surface area contributed by atoms with Gasteiger partial charge >= 0.3 is 0 Å². The lowest BCUT2D eigenvalue weighted by Gasteiger charge is -2.28. The number of hydrogen-bond acceptors (Lipinski definition) is 2. The molecule has 3 heteroatoms. The van der Waals surface area contributed by atoms with Gasteiger partial charge in [0.2, 0.25) is 0 Å². The Balaban J connectivity index is 1.96. The summed E-state index contributed by atoms with van der Waals surface area (Å²) in [5, 5.41) is 3.09. The number of hydrogen-bond donors (Lipinski definition) is 2. The molecule has 0 heterocycles. The highest BCUT2D eigenvalue weighted by Gasteiger charge is 2.22. The Kier molecular flexibility index (Phi) is 4.24. The predicted octanol–water partition coefficient (Wildman–Crippen LogP) is 2.97. The van der Waals surface area contributed by atoms with E-state index in [-0.39, 0.29) is 11.9 Å². The van der Waals surface area contributed by atoms with Crippen LogP contribution in [0.25, 0.3) is 0 Å². The number of para-hydroxylation sites is 1. The molecule has 1 fully saturated rings. The zero-order chi connectivity index (χ0) is 13.0. The third kappa shape index (κ3) is 3.03. The maximum Gasteiger partial charge on any atom is 0.253 e. The molecule has 1 unspecified atom stereocenters.